The summed E-state index contributed by atoms with van der Waals surface area (Å²) in [5.74, 6) is 0. The quantitative estimate of drug-likeness (QED) is 0.841. The minimum atomic E-state index is -3.16. The fraction of sp³-hybridized carbons (Fsp3) is 0.500. The van der Waals surface area contributed by atoms with Crippen LogP contribution in [0.5, 0.6) is 0 Å². The van der Waals surface area contributed by atoms with Crippen LogP contribution in [0.2, 0.25) is 0 Å². The van der Waals surface area contributed by atoms with Gasteiger partial charge >= 0.3 is 0 Å². The Morgan fingerprint density at radius 2 is 1.82 bits per heavy atom. The van der Waals surface area contributed by atoms with E-state index >= 15 is 0 Å². The molecule has 1 fully saturated rings. The van der Waals surface area contributed by atoms with Crippen molar-refractivity contribution >= 4 is 31.5 Å². The Labute approximate surface area is 111 Å². The molecule has 0 radical (unpaired) electrons. The van der Waals surface area contributed by atoms with Crippen LogP contribution >= 0.6 is 15.9 Å². The highest BCUT2D eigenvalue weighted by Crippen LogP contribution is 2.30. The molecule has 0 aromatic heterocycles. The van der Waals surface area contributed by atoms with Crippen LogP contribution in [-0.2, 0) is 9.84 Å². The smallest absolute Gasteiger partial charge is 0.177 e. The standard InChI is InChI=1S/C12H16BrNO2S/c1-17(15,16)12-6-5-10(13)9-11(12)14-7-3-2-4-8-14/h5-6,9H,2-4,7-8H2,1H3. The maximum atomic E-state index is 11.8. The van der Waals surface area contributed by atoms with E-state index in [0.29, 0.717) is 4.90 Å². The van der Waals surface area contributed by atoms with Crippen molar-refractivity contribution in [3.63, 3.8) is 0 Å². The molecule has 0 N–H and O–H groups in total. The third-order valence-corrected chi connectivity index (χ3v) is 4.65. The van der Waals surface area contributed by atoms with Gasteiger partial charge in [0.25, 0.3) is 0 Å². The molecule has 5 heteroatoms. The summed E-state index contributed by atoms with van der Waals surface area (Å²) in [6.45, 7) is 1.89. The highest BCUT2D eigenvalue weighted by Gasteiger charge is 2.19. The van der Waals surface area contributed by atoms with Crippen molar-refractivity contribution in [2.45, 2.75) is 24.2 Å². The molecular formula is C12H16BrNO2S. The van der Waals surface area contributed by atoms with Crippen LogP contribution < -0.4 is 4.90 Å². The van der Waals surface area contributed by atoms with Crippen LogP contribution in [0.4, 0.5) is 5.69 Å². The first kappa shape index (κ1) is 12.9. The minimum Gasteiger partial charge on any atom is -0.370 e. The molecule has 1 aromatic rings. The summed E-state index contributed by atoms with van der Waals surface area (Å²) in [5, 5.41) is 0. The molecule has 0 spiro atoms. The zero-order valence-corrected chi connectivity index (χ0v) is 12.2. The molecule has 3 nitrogen and oxygen atoms in total. The molecule has 1 saturated heterocycles. The number of rotatable bonds is 2. The van der Waals surface area contributed by atoms with Gasteiger partial charge in [0.2, 0.25) is 0 Å². The molecule has 0 saturated carbocycles. The Hall–Kier alpha value is -0.550. The first-order valence-corrected chi connectivity index (χ1v) is 8.41. The third kappa shape index (κ3) is 3.01. The van der Waals surface area contributed by atoms with Gasteiger partial charge in [0, 0.05) is 23.8 Å². The molecule has 0 amide bonds. The predicted octanol–water partition coefficient (Wildman–Crippen LogP) is 2.84. The summed E-state index contributed by atoms with van der Waals surface area (Å²) in [6, 6.07) is 5.37. The zero-order valence-electron chi connectivity index (χ0n) is 9.82. The monoisotopic (exact) mass is 317 g/mol. The Balaban J connectivity index is 2.46. The summed E-state index contributed by atoms with van der Waals surface area (Å²) in [7, 11) is -3.16. The second-order valence-corrected chi connectivity index (χ2v) is 7.33. The van der Waals surface area contributed by atoms with Crippen molar-refractivity contribution in [3.8, 4) is 0 Å². The summed E-state index contributed by atoms with van der Waals surface area (Å²) >= 11 is 3.41. The first-order valence-electron chi connectivity index (χ1n) is 5.73. The number of nitrogens with zero attached hydrogens (tertiary/aromatic N) is 1. The molecule has 94 valence electrons. The van der Waals surface area contributed by atoms with Gasteiger partial charge in [-0.25, -0.2) is 8.42 Å². The molecule has 2 rings (SSSR count). The van der Waals surface area contributed by atoms with Gasteiger partial charge in [-0.2, -0.15) is 0 Å². The van der Waals surface area contributed by atoms with E-state index in [9.17, 15) is 8.42 Å². The lowest BCUT2D eigenvalue weighted by Gasteiger charge is -2.30. The van der Waals surface area contributed by atoms with E-state index in [1.54, 1.807) is 12.1 Å². The topological polar surface area (TPSA) is 37.4 Å². The molecule has 1 aliphatic heterocycles. The molecule has 1 aromatic carbocycles. The number of sulfone groups is 1. The lowest BCUT2D eigenvalue weighted by atomic mass is 10.1. The molecule has 0 aliphatic carbocycles. The molecule has 0 atom stereocenters. The van der Waals surface area contributed by atoms with Crippen molar-refractivity contribution in [1.82, 2.24) is 0 Å². The van der Waals surface area contributed by atoms with Crippen LogP contribution in [0, 0.1) is 0 Å². The van der Waals surface area contributed by atoms with Crippen molar-refractivity contribution in [3.05, 3.63) is 22.7 Å². The molecule has 0 unspecified atom stereocenters. The predicted molar refractivity (Wildman–Crippen MR) is 73.3 cm³/mol. The van der Waals surface area contributed by atoms with Gasteiger partial charge in [-0.05, 0) is 37.5 Å². The van der Waals surface area contributed by atoms with Gasteiger partial charge in [-0.15, -0.1) is 0 Å². The average Bonchev–Trinajstić information content (AvgIpc) is 2.28. The molecule has 1 aliphatic rings. The Bertz CT molecular complexity index is 507. The van der Waals surface area contributed by atoms with Crippen LogP contribution in [0.15, 0.2) is 27.6 Å². The van der Waals surface area contributed by atoms with E-state index in [4.69, 9.17) is 0 Å². The van der Waals surface area contributed by atoms with E-state index in [1.807, 2.05) is 6.07 Å². The van der Waals surface area contributed by atoms with Gasteiger partial charge in [0.05, 0.1) is 10.6 Å². The summed E-state index contributed by atoms with van der Waals surface area (Å²) in [6.07, 6.45) is 4.77. The van der Waals surface area contributed by atoms with Crippen molar-refractivity contribution < 1.29 is 8.42 Å². The molecule has 0 bridgehead atoms. The maximum absolute atomic E-state index is 11.8. The fourth-order valence-corrected chi connectivity index (χ4v) is 3.42. The third-order valence-electron chi connectivity index (χ3n) is 3.02. The van der Waals surface area contributed by atoms with E-state index < -0.39 is 9.84 Å². The van der Waals surface area contributed by atoms with Crippen molar-refractivity contribution in [1.29, 1.82) is 0 Å². The number of hydrogen-bond donors (Lipinski definition) is 0. The highest BCUT2D eigenvalue weighted by molar-refractivity contribution is 9.10. The van der Waals surface area contributed by atoms with Crippen LogP contribution in [0.1, 0.15) is 19.3 Å². The number of anilines is 1. The van der Waals surface area contributed by atoms with Gasteiger partial charge in [0.15, 0.2) is 9.84 Å². The Kier molecular flexibility index (Phi) is 3.78. The lowest BCUT2D eigenvalue weighted by Crippen LogP contribution is -2.30. The number of benzene rings is 1. The SMILES string of the molecule is CS(=O)(=O)c1ccc(Br)cc1N1CCCCC1. The fourth-order valence-electron chi connectivity index (χ4n) is 2.19. The van der Waals surface area contributed by atoms with Gasteiger partial charge in [-0.3, -0.25) is 0 Å². The van der Waals surface area contributed by atoms with E-state index in [0.717, 1.165) is 36.1 Å². The zero-order chi connectivity index (χ0) is 12.5. The van der Waals surface area contributed by atoms with Crippen LogP contribution in [0.3, 0.4) is 0 Å². The second kappa shape index (κ2) is 4.98. The van der Waals surface area contributed by atoms with Gasteiger partial charge in [-0.1, -0.05) is 15.9 Å². The molecular weight excluding hydrogens is 302 g/mol. The molecule has 1 heterocycles. The lowest BCUT2D eigenvalue weighted by molar-refractivity contribution is 0.571. The number of piperidine rings is 1. The summed E-state index contributed by atoms with van der Waals surface area (Å²) < 4.78 is 24.5. The maximum Gasteiger partial charge on any atom is 0.177 e. The Morgan fingerprint density at radius 3 is 2.41 bits per heavy atom. The van der Waals surface area contributed by atoms with E-state index in [2.05, 4.69) is 20.8 Å². The van der Waals surface area contributed by atoms with Crippen molar-refractivity contribution in [2.24, 2.45) is 0 Å². The number of hydrogen-bond acceptors (Lipinski definition) is 3. The summed E-state index contributed by atoms with van der Waals surface area (Å²) in [4.78, 5) is 2.60. The first-order chi connectivity index (χ1) is 7.98. The van der Waals surface area contributed by atoms with Crippen molar-refractivity contribution in [2.75, 3.05) is 24.2 Å². The Morgan fingerprint density at radius 1 is 1.18 bits per heavy atom. The highest BCUT2D eigenvalue weighted by atomic mass is 79.9. The van der Waals surface area contributed by atoms with Gasteiger partial charge < -0.3 is 4.90 Å². The number of halogens is 1. The average molecular weight is 318 g/mol. The largest absolute Gasteiger partial charge is 0.370 e. The van der Waals surface area contributed by atoms with E-state index in [-0.39, 0.29) is 0 Å². The van der Waals surface area contributed by atoms with Crippen LogP contribution in [-0.4, -0.2) is 27.8 Å². The normalized spacial score (nSPS) is 17.2. The summed E-state index contributed by atoms with van der Waals surface area (Å²) in [5.41, 5.74) is 0.835. The minimum absolute atomic E-state index is 0.433. The van der Waals surface area contributed by atoms with Gasteiger partial charge in [0.1, 0.15) is 0 Å². The second-order valence-electron chi connectivity index (χ2n) is 4.43. The van der Waals surface area contributed by atoms with E-state index in [1.165, 1.54) is 12.7 Å². The van der Waals surface area contributed by atoms with Crippen LogP contribution in [0.25, 0.3) is 0 Å². The molecule has 17 heavy (non-hydrogen) atoms.